The minimum Gasteiger partial charge on any atom is -0.508 e. The maximum atomic E-state index is 15.0. The molecule has 7 rings (SSSR count). The first-order valence-corrected chi connectivity index (χ1v) is 16.2. The third-order valence-electron chi connectivity index (χ3n) is 10.2. The first-order chi connectivity index (χ1) is 21.4. The van der Waals surface area contributed by atoms with Gasteiger partial charge in [0.15, 0.2) is 0 Å². The molecule has 1 aromatic heterocycles. The number of benzene rings is 3. The van der Waals surface area contributed by atoms with Gasteiger partial charge in [0.1, 0.15) is 24.3 Å². The van der Waals surface area contributed by atoms with Crippen LogP contribution in [0.5, 0.6) is 11.8 Å². The van der Waals surface area contributed by atoms with Crippen molar-refractivity contribution in [3.05, 3.63) is 59.5 Å². The fourth-order valence-corrected chi connectivity index (χ4v) is 8.09. The van der Waals surface area contributed by atoms with Crippen molar-refractivity contribution in [3.63, 3.8) is 0 Å². The van der Waals surface area contributed by atoms with Crippen LogP contribution in [0.1, 0.15) is 87.7 Å². The Morgan fingerprint density at radius 1 is 1.05 bits per heavy atom. The van der Waals surface area contributed by atoms with Crippen LogP contribution in [0.25, 0.3) is 32.8 Å². The number of ether oxygens (including phenoxy) is 1. The number of aromatic nitrogens is 2. The summed E-state index contributed by atoms with van der Waals surface area (Å²) < 4.78 is 35.6. The zero-order valence-electron chi connectivity index (χ0n) is 25.1. The Labute approximate surface area is 257 Å². The van der Waals surface area contributed by atoms with Crippen molar-refractivity contribution in [1.82, 2.24) is 14.9 Å². The van der Waals surface area contributed by atoms with E-state index >= 15 is 0 Å². The second-order valence-electron chi connectivity index (χ2n) is 13.1. The summed E-state index contributed by atoms with van der Waals surface area (Å²) in [6, 6.07) is 10.7. The number of phenolic OH excluding ortho intramolecular Hbond substituents is 1. The number of terminal acetylenes is 1. The van der Waals surface area contributed by atoms with Crippen molar-refractivity contribution in [2.75, 3.05) is 19.7 Å². The summed E-state index contributed by atoms with van der Waals surface area (Å²) in [6.45, 7) is 1.72. The Morgan fingerprint density at radius 3 is 2.64 bits per heavy atom. The summed E-state index contributed by atoms with van der Waals surface area (Å²) >= 11 is 0. The highest BCUT2D eigenvalue weighted by molar-refractivity contribution is 6.03. The van der Waals surface area contributed by atoms with Gasteiger partial charge in [-0.25, -0.2) is 13.8 Å². The molecule has 228 valence electrons. The van der Waals surface area contributed by atoms with Crippen molar-refractivity contribution in [2.24, 2.45) is 0 Å². The molecule has 1 N–H and O–H groups in total. The number of alkyl halides is 1. The lowest BCUT2D eigenvalue weighted by molar-refractivity contribution is 0.107. The van der Waals surface area contributed by atoms with Crippen LogP contribution >= 0.6 is 0 Å². The van der Waals surface area contributed by atoms with Gasteiger partial charge in [-0.05, 0) is 84.5 Å². The molecule has 7 heteroatoms. The molecule has 1 aliphatic carbocycles. The van der Waals surface area contributed by atoms with Crippen molar-refractivity contribution < 1.29 is 18.6 Å². The van der Waals surface area contributed by atoms with Gasteiger partial charge in [-0.1, -0.05) is 56.6 Å². The minimum absolute atomic E-state index is 0.0842. The molecule has 3 aromatic carbocycles. The van der Waals surface area contributed by atoms with Crippen LogP contribution in [-0.4, -0.2) is 51.4 Å². The fraction of sp³-hybridized carbons (Fsp3) is 0.459. The highest BCUT2D eigenvalue weighted by Crippen LogP contribution is 2.42. The lowest BCUT2D eigenvalue weighted by Crippen LogP contribution is -2.43. The monoisotopic (exact) mass is 595 g/mol. The third kappa shape index (κ3) is 5.38. The summed E-state index contributed by atoms with van der Waals surface area (Å²) in [5.41, 5.74) is 3.26. The summed E-state index contributed by atoms with van der Waals surface area (Å²) in [5, 5.41) is 13.0. The average Bonchev–Trinajstić information content (AvgIpc) is 3.58. The van der Waals surface area contributed by atoms with Crippen molar-refractivity contribution in [2.45, 2.75) is 88.3 Å². The molecular weight excluding hydrogens is 556 g/mol. The molecule has 2 aliphatic heterocycles. The van der Waals surface area contributed by atoms with Crippen LogP contribution in [0, 0.1) is 18.2 Å². The molecule has 0 radical (unpaired) electrons. The first-order valence-electron chi connectivity index (χ1n) is 16.2. The van der Waals surface area contributed by atoms with E-state index in [0.717, 1.165) is 67.1 Å². The minimum atomic E-state index is -0.829. The van der Waals surface area contributed by atoms with E-state index in [9.17, 15) is 13.9 Å². The second kappa shape index (κ2) is 12.0. The van der Waals surface area contributed by atoms with Crippen LogP contribution in [0.2, 0.25) is 0 Å². The first kappa shape index (κ1) is 29.0. The molecule has 2 saturated heterocycles. The number of hydrogen-bond acceptors (Lipinski definition) is 5. The van der Waals surface area contributed by atoms with Gasteiger partial charge in [0, 0.05) is 29.9 Å². The van der Waals surface area contributed by atoms with E-state index in [1.807, 2.05) is 12.3 Å². The number of phenols is 1. The maximum Gasteiger partial charge on any atom is 0.316 e. The standard InChI is InChI=1S/C37H39F2N3O2/c1-2-29-33(39)13-12-25-16-28(43)19-31(35(25)29)26-17-30(24-10-7-5-3-4-6-8-11-24)32-21-40-36(41-34(32)18-26)44-23-37-14-9-15-42(37)22-27(38)20-37/h1,12-13,16-19,21,24,27,43H,3-11,14-15,20,22-23H2/t27-,37?/m1/s1. The number of hydrogen-bond donors (Lipinski definition) is 1. The Kier molecular flexibility index (Phi) is 7.88. The molecule has 0 spiro atoms. The topological polar surface area (TPSA) is 58.5 Å². The molecule has 3 fully saturated rings. The SMILES string of the molecule is C#Cc1c(F)ccc2cc(O)cc(-c3cc(C4CCCCCCCC4)c4cnc(OCC56CCCN5C[C@H](F)C6)nc4c3)c12. The van der Waals surface area contributed by atoms with E-state index in [1.54, 1.807) is 18.2 Å². The molecule has 1 saturated carbocycles. The van der Waals surface area contributed by atoms with Gasteiger partial charge in [-0.3, -0.25) is 4.90 Å². The summed E-state index contributed by atoms with van der Waals surface area (Å²) in [5.74, 6) is 2.49. The predicted octanol–water partition coefficient (Wildman–Crippen LogP) is 8.45. The van der Waals surface area contributed by atoms with Crippen LogP contribution in [0.3, 0.4) is 0 Å². The number of halogens is 2. The van der Waals surface area contributed by atoms with Gasteiger partial charge in [0.25, 0.3) is 0 Å². The zero-order valence-corrected chi connectivity index (χ0v) is 25.1. The van der Waals surface area contributed by atoms with Crippen LogP contribution < -0.4 is 4.74 Å². The van der Waals surface area contributed by atoms with Gasteiger partial charge in [0.2, 0.25) is 0 Å². The lowest BCUT2D eigenvalue weighted by Gasteiger charge is -2.30. The lowest BCUT2D eigenvalue weighted by atomic mass is 9.84. The molecule has 0 bridgehead atoms. The highest BCUT2D eigenvalue weighted by Gasteiger charge is 2.49. The smallest absolute Gasteiger partial charge is 0.316 e. The Morgan fingerprint density at radius 2 is 1.84 bits per heavy atom. The summed E-state index contributed by atoms with van der Waals surface area (Å²) in [4.78, 5) is 11.8. The number of rotatable bonds is 5. The molecule has 44 heavy (non-hydrogen) atoms. The van der Waals surface area contributed by atoms with Crippen molar-refractivity contribution >= 4 is 21.7 Å². The quantitative estimate of drug-likeness (QED) is 0.235. The summed E-state index contributed by atoms with van der Waals surface area (Å²) in [7, 11) is 0. The molecule has 3 heterocycles. The molecule has 2 atom stereocenters. The average molecular weight is 596 g/mol. The van der Waals surface area contributed by atoms with E-state index in [0.29, 0.717) is 41.8 Å². The van der Waals surface area contributed by atoms with Crippen LogP contribution in [-0.2, 0) is 0 Å². The zero-order chi connectivity index (χ0) is 30.3. The van der Waals surface area contributed by atoms with E-state index in [4.69, 9.17) is 16.1 Å². The molecule has 1 unspecified atom stereocenters. The largest absolute Gasteiger partial charge is 0.508 e. The Balaban J connectivity index is 1.35. The van der Waals surface area contributed by atoms with E-state index in [-0.39, 0.29) is 22.9 Å². The van der Waals surface area contributed by atoms with Gasteiger partial charge >= 0.3 is 6.01 Å². The predicted molar refractivity (Wildman–Crippen MR) is 170 cm³/mol. The van der Waals surface area contributed by atoms with E-state index < -0.39 is 12.0 Å². The van der Waals surface area contributed by atoms with E-state index in [1.165, 1.54) is 31.7 Å². The number of fused-ring (bicyclic) bond motifs is 3. The highest BCUT2D eigenvalue weighted by atomic mass is 19.1. The van der Waals surface area contributed by atoms with Crippen LogP contribution in [0.4, 0.5) is 8.78 Å². The normalized spacial score (nSPS) is 23.2. The molecule has 3 aliphatic rings. The number of nitrogens with zero attached hydrogens (tertiary/aromatic N) is 3. The van der Waals surface area contributed by atoms with Gasteiger partial charge in [-0.15, -0.1) is 6.42 Å². The molecular formula is C37H39F2N3O2. The van der Waals surface area contributed by atoms with Gasteiger partial charge in [-0.2, -0.15) is 4.98 Å². The number of aromatic hydroxyl groups is 1. The Bertz CT molecular complexity index is 1740. The molecule has 5 nitrogen and oxygen atoms in total. The fourth-order valence-electron chi connectivity index (χ4n) is 8.09. The summed E-state index contributed by atoms with van der Waals surface area (Å²) in [6.07, 6.45) is 18.8. The second-order valence-corrected chi connectivity index (χ2v) is 13.1. The van der Waals surface area contributed by atoms with Gasteiger partial charge < -0.3 is 9.84 Å². The van der Waals surface area contributed by atoms with E-state index in [2.05, 4.69) is 21.9 Å². The van der Waals surface area contributed by atoms with Gasteiger partial charge in [0.05, 0.1) is 16.6 Å². The maximum absolute atomic E-state index is 15.0. The van der Waals surface area contributed by atoms with Crippen molar-refractivity contribution in [1.29, 1.82) is 0 Å². The molecule has 4 aromatic rings. The molecule has 0 amide bonds. The third-order valence-corrected chi connectivity index (χ3v) is 10.2. The van der Waals surface area contributed by atoms with Crippen LogP contribution in [0.15, 0.2) is 42.6 Å². The Hall–Kier alpha value is -3.76. The van der Waals surface area contributed by atoms with Crippen molar-refractivity contribution in [3.8, 4) is 35.2 Å².